The second kappa shape index (κ2) is 8.69. The fraction of sp³-hybridized carbons (Fsp3) is 0.375. The van der Waals surface area contributed by atoms with Gasteiger partial charge < -0.3 is 15.0 Å². The Morgan fingerprint density at radius 3 is 2.60 bits per heavy atom. The molecule has 1 fully saturated rings. The van der Waals surface area contributed by atoms with Crippen LogP contribution in [0.4, 0.5) is 0 Å². The molecule has 2 aromatic rings. The van der Waals surface area contributed by atoms with Gasteiger partial charge in [-0.2, -0.15) is 0 Å². The summed E-state index contributed by atoms with van der Waals surface area (Å²) in [6.07, 6.45) is 7.40. The maximum atomic E-state index is 13.4. The van der Waals surface area contributed by atoms with Gasteiger partial charge in [0.2, 0.25) is 5.91 Å². The van der Waals surface area contributed by atoms with E-state index in [4.69, 9.17) is 4.74 Å². The van der Waals surface area contributed by atoms with Crippen LogP contribution in [0.25, 0.3) is 10.8 Å². The van der Waals surface area contributed by atoms with Crippen molar-refractivity contribution in [3.8, 4) is 0 Å². The van der Waals surface area contributed by atoms with E-state index in [1.807, 2.05) is 48.6 Å². The largest absolute Gasteiger partial charge is 0.467 e. The van der Waals surface area contributed by atoms with Gasteiger partial charge in [0.1, 0.15) is 12.1 Å². The van der Waals surface area contributed by atoms with Crippen molar-refractivity contribution >= 4 is 28.6 Å². The van der Waals surface area contributed by atoms with Crippen molar-refractivity contribution in [1.29, 1.82) is 0 Å². The molecule has 0 saturated carbocycles. The van der Waals surface area contributed by atoms with Gasteiger partial charge in [-0.1, -0.05) is 42.5 Å². The van der Waals surface area contributed by atoms with Gasteiger partial charge in [-0.3, -0.25) is 9.59 Å². The average molecular weight is 406 g/mol. The quantitative estimate of drug-likeness (QED) is 0.627. The van der Waals surface area contributed by atoms with Gasteiger partial charge in [0.25, 0.3) is 5.91 Å². The van der Waals surface area contributed by atoms with Crippen LogP contribution in [0.3, 0.4) is 0 Å². The molecule has 2 aromatic carbocycles. The summed E-state index contributed by atoms with van der Waals surface area (Å²) >= 11 is 0. The minimum absolute atomic E-state index is 0.0491. The lowest BCUT2D eigenvalue weighted by molar-refractivity contribution is -0.158. The first-order chi connectivity index (χ1) is 14.6. The average Bonchev–Trinajstić information content (AvgIpc) is 2.78. The first kappa shape index (κ1) is 20.1. The molecule has 0 spiro atoms. The van der Waals surface area contributed by atoms with Crippen molar-refractivity contribution < 1.29 is 19.1 Å². The summed E-state index contributed by atoms with van der Waals surface area (Å²) in [6, 6.07) is 12.0. The van der Waals surface area contributed by atoms with Crippen molar-refractivity contribution in [2.45, 2.75) is 50.2 Å². The Morgan fingerprint density at radius 2 is 1.80 bits per heavy atom. The monoisotopic (exact) mass is 406 g/mol. The van der Waals surface area contributed by atoms with Gasteiger partial charge in [-0.05, 0) is 55.0 Å². The highest BCUT2D eigenvalue weighted by atomic mass is 16.5. The standard InChI is InChI=1S/C24H26N2O4/c1-30-24(29)21-12-6-10-19-9-4-5-11-20(23(28)26(19)21)25-22(27)18-14-13-16-7-2-3-8-17(16)15-18/h2-5,7-8,13-15,19-21H,6,9-12H2,1H3,(H,25,27)/t19-,20-,21-/m0/s1. The lowest BCUT2D eigenvalue weighted by atomic mass is 9.90. The third-order valence-corrected chi connectivity index (χ3v) is 6.03. The van der Waals surface area contributed by atoms with Crippen LogP contribution in [0.5, 0.6) is 0 Å². The van der Waals surface area contributed by atoms with Crippen LogP contribution in [-0.4, -0.2) is 47.9 Å². The molecule has 4 rings (SSSR count). The summed E-state index contributed by atoms with van der Waals surface area (Å²) < 4.78 is 4.95. The molecule has 3 atom stereocenters. The topological polar surface area (TPSA) is 75.7 Å². The number of amides is 2. The molecular weight excluding hydrogens is 380 g/mol. The zero-order valence-electron chi connectivity index (χ0n) is 17.0. The maximum absolute atomic E-state index is 13.4. The van der Waals surface area contributed by atoms with Crippen LogP contribution in [0, 0.1) is 0 Å². The lowest BCUT2D eigenvalue weighted by Gasteiger charge is -2.42. The van der Waals surface area contributed by atoms with Crippen LogP contribution in [0.2, 0.25) is 0 Å². The van der Waals surface area contributed by atoms with Crippen LogP contribution in [-0.2, 0) is 14.3 Å². The van der Waals surface area contributed by atoms with E-state index in [2.05, 4.69) is 5.32 Å². The van der Waals surface area contributed by atoms with Crippen molar-refractivity contribution in [1.82, 2.24) is 10.2 Å². The highest BCUT2D eigenvalue weighted by Gasteiger charge is 2.41. The highest BCUT2D eigenvalue weighted by Crippen LogP contribution is 2.29. The van der Waals surface area contributed by atoms with E-state index >= 15 is 0 Å². The van der Waals surface area contributed by atoms with E-state index in [-0.39, 0.29) is 17.9 Å². The Kier molecular flexibility index (Phi) is 5.84. The Bertz CT molecular complexity index is 1000. The van der Waals surface area contributed by atoms with E-state index < -0.39 is 18.1 Å². The number of ether oxygens (including phenoxy) is 1. The van der Waals surface area contributed by atoms with E-state index in [1.54, 1.807) is 11.0 Å². The molecule has 0 aliphatic carbocycles. The number of carbonyl (C=O) groups excluding carboxylic acids is 3. The van der Waals surface area contributed by atoms with Gasteiger partial charge >= 0.3 is 5.97 Å². The number of esters is 1. The van der Waals surface area contributed by atoms with Gasteiger partial charge in [0.15, 0.2) is 0 Å². The third kappa shape index (κ3) is 3.95. The summed E-state index contributed by atoms with van der Waals surface area (Å²) in [5, 5.41) is 4.91. The van der Waals surface area contributed by atoms with Gasteiger partial charge in [0, 0.05) is 11.6 Å². The second-order valence-corrected chi connectivity index (χ2v) is 7.90. The molecule has 30 heavy (non-hydrogen) atoms. The number of carbonyl (C=O) groups is 3. The second-order valence-electron chi connectivity index (χ2n) is 7.90. The number of rotatable bonds is 3. The summed E-state index contributed by atoms with van der Waals surface area (Å²) in [5.74, 6) is -0.901. The van der Waals surface area contributed by atoms with Crippen LogP contribution >= 0.6 is 0 Å². The zero-order valence-corrected chi connectivity index (χ0v) is 17.0. The molecule has 0 aromatic heterocycles. The Balaban J connectivity index is 1.58. The fourth-order valence-corrected chi connectivity index (χ4v) is 4.47. The molecule has 0 unspecified atom stereocenters. The molecule has 6 nitrogen and oxygen atoms in total. The summed E-state index contributed by atoms with van der Waals surface area (Å²) in [6.45, 7) is 0. The molecule has 1 saturated heterocycles. The molecule has 6 heteroatoms. The summed E-state index contributed by atoms with van der Waals surface area (Å²) in [4.78, 5) is 40.3. The molecule has 2 heterocycles. The number of nitrogens with one attached hydrogen (secondary N) is 1. The third-order valence-electron chi connectivity index (χ3n) is 6.03. The fourth-order valence-electron chi connectivity index (χ4n) is 4.47. The lowest BCUT2D eigenvalue weighted by Crippen LogP contribution is -2.59. The molecule has 2 amide bonds. The smallest absolute Gasteiger partial charge is 0.328 e. The number of nitrogens with zero attached hydrogens (tertiary/aromatic N) is 1. The summed E-state index contributed by atoms with van der Waals surface area (Å²) in [7, 11) is 1.35. The predicted molar refractivity (Wildman–Crippen MR) is 114 cm³/mol. The Labute approximate surface area is 175 Å². The molecule has 0 bridgehead atoms. The minimum atomic E-state index is -0.715. The molecule has 156 valence electrons. The molecule has 2 aliphatic rings. The van der Waals surface area contributed by atoms with Gasteiger partial charge in [-0.15, -0.1) is 0 Å². The van der Waals surface area contributed by atoms with Crippen LogP contribution in [0.15, 0.2) is 54.6 Å². The maximum Gasteiger partial charge on any atom is 0.328 e. The number of hydrogen-bond acceptors (Lipinski definition) is 4. The molecule has 2 aliphatic heterocycles. The minimum Gasteiger partial charge on any atom is -0.467 e. The van der Waals surface area contributed by atoms with Crippen molar-refractivity contribution in [3.05, 3.63) is 60.2 Å². The van der Waals surface area contributed by atoms with E-state index in [1.165, 1.54) is 7.11 Å². The molecular formula is C24H26N2O4. The number of fused-ring (bicyclic) bond motifs is 2. The normalized spacial score (nSPS) is 24.0. The van der Waals surface area contributed by atoms with Gasteiger partial charge in [0.05, 0.1) is 7.11 Å². The van der Waals surface area contributed by atoms with Crippen molar-refractivity contribution in [2.24, 2.45) is 0 Å². The first-order valence-electron chi connectivity index (χ1n) is 10.4. The van der Waals surface area contributed by atoms with Crippen molar-refractivity contribution in [3.63, 3.8) is 0 Å². The zero-order chi connectivity index (χ0) is 21.1. The van der Waals surface area contributed by atoms with Crippen LogP contribution < -0.4 is 5.32 Å². The Hall–Kier alpha value is -3.15. The number of piperidine rings is 1. The predicted octanol–water partition coefficient (Wildman–Crippen LogP) is 3.21. The first-order valence-corrected chi connectivity index (χ1v) is 10.4. The van der Waals surface area contributed by atoms with E-state index in [9.17, 15) is 14.4 Å². The van der Waals surface area contributed by atoms with Crippen molar-refractivity contribution in [2.75, 3.05) is 7.11 Å². The van der Waals surface area contributed by atoms with E-state index in [0.29, 0.717) is 24.8 Å². The Morgan fingerprint density at radius 1 is 1.03 bits per heavy atom. The van der Waals surface area contributed by atoms with Crippen LogP contribution in [0.1, 0.15) is 42.5 Å². The summed E-state index contributed by atoms with van der Waals surface area (Å²) in [5.41, 5.74) is 0.507. The number of methoxy groups -OCH3 is 1. The number of benzene rings is 2. The number of hydrogen-bond donors (Lipinski definition) is 1. The SMILES string of the molecule is COC(=O)[C@@H]1CCC[C@@H]2CC=CC[C@H](NC(=O)c3ccc4ccccc4c3)C(=O)N21. The van der Waals surface area contributed by atoms with E-state index in [0.717, 1.165) is 23.6 Å². The molecule has 0 radical (unpaired) electrons. The van der Waals surface area contributed by atoms with Gasteiger partial charge in [-0.25, -0.2) is 4.79 Å². The molecule has 1 N–H and O–H groups in total. The highest BCUT2D eigenvalue weighted by molar-refractivity contribution is 6.01.